The molecule has 0 atom stereocenters. The predicted molar refractivity (Wildman–Crippen MR) is 35.8 cm³/mol. The van der Waals surface area contributed by atoms with Crippen LogP contribution in [0, 0.1) is 0 Å². The Morgan fingerprint density at radius 1 is 1.90 bits per heavy atom. The minimum atomic E-state index is -0.637. The van der Waals surface area contributed by atoms with Crippen LogP contribution in [0.2, 0.25) is 0 Å². The van der Waals surface area contributed by atoms with Gasteiger partial charge in [0.2, 0.25) is 0 Å². The number of rotatable bonds is 1. The third-order valence-corrected chi connectivity index (χ3v) is 1.68. The Hall–Kier alpha value is -1.14. The Morgan fingerprint density at radius 3 is 3.00 bits per heavy atom. The molecular weight excluding hydrogens is 154 g/mol. The van der Waals surface area contributed by atoms with Crippen molar-refractivity contribution in [3.05, 3.63) is 10.4 Å². The van der Waals surface area contributed by atoms with Crippen molar-refractivity contribution in [2.75, 3.05) is 5.73 Å². The summed E-state index contributed by atoms with van der Waals surface area (Å²) in [5.74, 6) is -0.356. The zero-order valence-electron chi connectivity index (χ0n) is 4.87. The second-order valence-corrected chi connectivity index (χ2v) is 2.38. The van der Waals surface area contributed by atoms with Gasteiger partial charge < -0.3 is 5.73 Å². The number of nitrogen functional groups attached to an aromatic ring is 1. The van der Waals surface area contributed by atoms with Gasteiger partial charge in [0.15, 0.2) is 5.01 Å². The van der Waals surface area contributed by atoms with Gasteiger partial charge in [-0.3, -0.25) is 10.0 Å². The summed E-state index contributed by atoms with van der Waals surface area (Å²) in [6.45, 7) is 0. The molecule has 1 aromatic heterocycles. The standard InChI is InChI=1S/C4H5N3O2S/c5-2-1-10-4(6-2)3(8)7-9/h1,9H,5H2,(H,7,8). The third kappa shape index (κ3) is 1.23. The number of amides is 1. The normalized spacial score (nSPS) is 9.30. The highest BCUT2D eigenvalue weighted by molar-refractivity contribution is 7.12. The summed E-state index contributed by atoms with van der Waals surface area (Å²) in [6, 6.07) is 0. The van der Waals surface area contributed by atoms with Crippen molar-refractivity contribution >= 4 is 23.1 Å². The number of carbonyl (C=O) groups excluding carboxylic acids is 1. The minimum Gasteiger partial charge on any atom is -0.383 e. The van der Waals surface area contributed by atoms with E-state index in [0.29, 0.717) is 0 Å². The first-order valence-corrected chi connectivity index (χ1v) is 3.27. The highest BCUT2D eigenvalue weighted by atomic mass is 32.1. The van der Waals surface area contributed by atoms with E-state index in [1.54, 1.807) is 0 Å². The Bertz CT molecular complexity index is 246. The van der Waals surface area contributed by atoms with E-state index < -0.39 is 5.91 Å². The SMILES string of the molecule is Nc1csc(C(=O)NO)n1. The molecule has 0 aliphatic rings. The van der Waals surface area contributed by atoms with Crippen molar-refractivity contribution in [1.82, 2.24) is 10.5 Å². The van der Waals surface area contributed by atoms with Gasteiger partial charge in [0.25, 0.3) is 0 Å². The van der Waals surface area contributed by atoms with Gasteiger partial charge in [-0.05, 0) is 0 Å². The van der Waals surface area contributed by atoms with Crippen LogP contribution >= 0.6 is 11.3 Å². The molecule has 0 radical (unpaired) electrons. The number of carbonyl (C=O) groups is 1. The van der Waals surface area contributed by atoms with Crippen molar-refractivity contribution in [1.29, 1.82) is 0 Å². The molecule has 4 N–H and O–H groups in total. The average Bonchev–Trinajstić information content (AvgIpc) is 2.34. The first kappa shape index (κ1) is 6.97. The summed E-state index contributed by atoms with van der Waals surface area (Å²) >= 11 is 1.07. The maximum Gasteiger partial charge on any atom is 0.303 e. The Labute approximate surface area is 60.5 Å². The van der Waals surface area contributed by atoms with E-state index in [1.165, 1.54) is 10.9 Å². The second-order valence-electron chi connectivity index (χ2n) is 1.52. The summed E-state index contributed by atoms with van der Waals surface area (Å²) in [5, 5.41) is 9.79. The lowest BCUT2D eigenvalue weighted by atomic mass is 10.6. The summed E-state index contributed by atoms with van der Waals surface area (Å²) in [4.78, 5) is 14.2. The molecule has 0 unspecified atom stereocenters. The molecule has 5 nitrogen and oxygen atoms in total. The molecule has 0 fully saturated rings. The molecule has 0 aliphatic heterocycles. The van der Waals surface area contributed by atoms with Gasteiger partial charge in [0.1, 0.15) is 5.82 Å². The molecule has 10 heavy (non-hydrogen) atoms. The number of nitrogens with zero attached hydrogens (tertiary/aromatic N) is 1. The molecular formula is C4H5N3O2S. The lowest BCUT2D eigenvalue weighted by Crippen LogP contribution is -2.18. The number of anilines is 1. The molecule has 0 aromatic carbocycles. The van der Waals surface area contributed by atoms with Crippen molar-refractivity contribution in [2.24, 2.45) is 0 Å². The van der Waals surface area contributed by atoms with Crippen LogP contribution in [0.5, 0.6) is 0 Å². The fourth-order valence-electron chi connectivity index (χ4n) is 0.438. The van der Waals surface area contributed by atoms with E-state index in [2.05, 4.69) is 4.98 Å². The van der Waals surface area contributed by atoms with E-state index in [-0.39, 0.29) is 10.8 Å². The van der Waals surface area contributed by atoms with Crippen LogP contribution < -0.4 is 11.2 Å². The van der Waals surface area contributed by atoms with Gasteiger partial charge in [-0.25, -0.2) is 10.5 Å². The van der Waals surface area contributed by atoms with Gasteiger partial charge in [-0.15, -0.1) is 11.3 Å². The van der Waals surface area contributed by atoms with Crippen LogP contribution in [-0.4, -0.2) is 16.1 Å². The summed E-state index contributed by atoms with van der Waals surface area (Å²) in [7, 11) is 0. The lowest BCUT2D eigenvalue weighted by Gasteiger charge is -1.88. The van der Waals surface area contributed by atoms with Crippen molar-refractivity contribution in [3.63, 3.8) is 0 Å². The molecule has 6 heteroatoms. The van der Waals surface area contributed by atoms with E-state index in [9.17, 15) is 4.79 Å². The Morgan fingerprint density at radius 2 is 2.60 bits per heavy atom. The number of hydrogen-bond acceptors (Lipinski definition) is 5. The van der Waals surface area contributed by atoms with Crippen LogP contribution in [0.15, 0.2) is 5.38 Å². The largest absolute Gasteiger partial charge is 0.383 e. The first-order chi connectivity index (χ1) is 4.74. The molecule has 1 rings (SSSR count). The van der Waals surface area contributed by atoms with Crippen molar-refractivity contribution in [2.45, 2.75) is 0 Å². The topological polar surface area (TPSA) is 88.2 Å². The molecule has 1 aromatic rings. The minimum absolute atomic E-state index is 0.153. The molecule has 0 saturated carbocycles. The van der Waals surface area contributed by atoms with E-state index in [4.69, 9.17) is 10.9 Å². The average molecular weight is 159 g/mol. The molecule has 0 aliphatic carbocycles. The number of hydroxylamine groups is 1. The van der Waals surface area contributed by atoms with Crippen molar-refractivity contribution in [3.8, 4) is 0 Å². The molecule has 1 amide bonds. The van der Waals surface area contributed by atoms with Gasteiger partial charge >= 0.3 is 5.91 Å². The Balaban J connectivity index is 2.85. The van der Waals surface area contributed by atoms with E-state index >= 15 is 0 Å². The van der Waals surface area contributed by atoms with Crippen LogP contribution in [0.1, 0.15) is 9.80 Å². The number of aromatic nitrogens is 1. The number of hydrogen-bond donors (Lipinski definition) is 3. The highest BCUT2D eigenvalue weighted by Gasteiger charge is 2.07. The number of nitrogens with two attached hydrogens (primary N) is 1. The Kier molecular flexibility index (Phi) is 1.83. The predicted octanol–water partition coefficient (Wildman–Crippen LogP) is -0.156. The zero-order valence-corrected chi connectivity index (χ0v) is 5.68. The zero-order chi connectivity index (χ0) is 7.56. The number of nitrogens with one attached hydrogen (secondary N) is 1. The first-order valence-electron chi connectivity index (χ1n) is 2.39. The molecule has 0 bridgehead atoms. The van der Waals surface area contributed by atoms with E-state index in [0.717, 1.165) is 11.3 Å². The molecule has 1 heterocycles. The quantitative estimate of drug-likeness (QED) is 0.392. The van der Waals surface area contributed by atoms with E-state index in [1.807, 2.05) is 0 Å². The summed E-state index contributed by atoms with van der Waals surface area (Å²) < 4.78 is 0. The fraction of sp³-hybridized carbons (Fsp3) is 0. The van der Waals surface area contributed by atoms with Crippen LogP contribution in [0.4, 0.5) is 5.82 Å². The smallest absolute Gasteiger partial charge is 0.303 e. The molecule has 0 spiro atoms. The molecule has 54 valence electrons. The lowest BCUT2D eigenvalue weighted by molar-refractivity contribution is 0.0706. The van der Waals surface area contributed by atoms with Crippen molar-refractivity contribution < 1.29 is 10.0 Å². The number of thiazole rings is 1. The van der Waals surface area contributed by atoms with Crippen LogP contribution in [0.3, 0.4) is 0 Å². The van der Waals surface area contributed by atoms with Crippen LogP contribution in [0.25, 0.3) is 0 Å². The second kappa shape index (κ2) is 2.63. The van der Waals surface area contributed by atoms with Gasteiger partial charge in [0.05, 0.1) is 0 Å². The monoisotopic (exact) mass is 159 g/mol. The van der Waals surface area contributed by atoms with Gasteiger partial charge in [-0.1, -0.05) is 0 Å². The maximum absolute atomic E-state index is 10.6. The highest BCUT2D eigenvalue weighted by Crippen LogP contribution is 2.09. The summed E-state index contributed by atoms with van der Waals surface area (Å²) in [6.07, 6.45) is 0. The maximum atomic E-state index is 10.6. The summed E-state index contributed by atoms with van der Waals surface area (Å²) in [5.41, 5.74) is 6.66. The molecule has 0 saturated heterocycles. The van der Waals surface area contributed by atoms with Gasteiger partial charge in [-0.2, -0.15) is 0 Å². The fourth-order valence-corrected chi connectivity index (χ4v) is 1.03. The third-order valence-electron chi connectivity index (χ3n) is 0.818. The van der Waals surface area contributed by atoms with Crippen LogP contribution in [-0.2, 0) is 0 Å². The van der Waals surface area contributed by atoms with Gasteiger partial charge in [0, 0.05) is 5.38 Å².